The summed E-state index contributed by atoms with van der Waals surface area (Å²) in [5.74, 6) is -0.137. The summed E-state index contributed by atoms with van der Waals surface area (Å²) < 4.78 is 26.9. The molecule has 5 nitrogen and oxygen atoms in total. The van der Waals surface area contributed by atoms with E-state index in [1.54, 1.807) is 30.7 Å². The number of benzene rings is 1. The predicted molar refractivity (Wildman–Crippen MR) is 120 cm³/mol. The van der Waals surface area contributed by atoms with Gasteiger partial charge in [0.25, 0.3) is 0 Å². The van der Waals surface area contributed by atoms with Crippen LogP contribution in [-0.4, -0.2) is 19.9 Å². The molecule has 4 aromatic heterocycles. The fourth-order valence-electron chi connectivity index (χ4n) is 3.46. The van der Waals surface area contributed by atoms with Crippen LogP contribution >= 0.6 is 0 Å². The normalized spacial score (nSPS) is 10.9. The second-order valence-electron chi connectivity index (χ2n) is 7.23. The molecule has 0 aliphatic heterocycles. The van der Waals surface area contributed by atoms with E-state index in [0.29, 0.717) is 29.3 Å². The van der Waals surface area contributed by atoms with Gasteiger partial charge >= 0.3 is 0 Å². The molecule has 0 spiro atoms. The maximum Gasteiger partial charge on any atom is 0.213 e. The maximum atomic E-state index is 13.6. The second-order valence-corrected chi connectivity index (χ2v) is 7.23. The van der Waals surface area contributed by atoms with Crippen molar-refractivity contribution in [3.8, 4) is 22.5 Å². The number of hydrogen-bond donors (Lipinski definition) is 1. The van der Waals surface area contributed by atoms with Crippen LogP contribution in [0.2, 0.25) is 0 Å². The van der Waals surface area contributed by atoms with Crippen molar-refractivity contribution in [2.75, 3.05) is 5.32 Å². The van der Waals surface area contributed by atoms with Crippen molar-refractivity contribution >= 4 is 16.6 Å². The number of nitrogens with zero attached hydrogens (tertiary/aromatic N) is 4. The molecule has 0 saturated carbocycles. The van der Waals surface area contributed by atoms with Gasteiger partial charge in [0, 0.05) is 53.9 Å². The Hall–Kier alpha value is -4.26. The molecule has 1 aromatic carbocycles. The van der Waals surface area contributed by atoms with Crippen molar-refractivity contribution in [2.24, 2.45) is 0 Å². The smallest absolute Gasteiger partial charge is 0.213 e. The molecule has 0 atom stereocenters. The SMILES string of the molecule is Fc1cccc(-c2cc3ccnc(NCc4ccc(-c5ccnc(F)c5)nc4)c3cn2)c1. The van der Waals surface area contributed by atoms with Crippen molar-refractivity contribution in [3.05, 3.63) is 103 Å². The Bertz CT molecular complexity index is 1400. The third kappa shape index (κ3) is 4.13. The van der Waals surface area contributed by atoms with Crippen molar-refractivity contribution < 1.29 is 8.78 Å². The molecule has 0 bridgehead atoms. The number of hydrogen-bond acceptors (Lipinski definition) is 5. The lowest BCUT2D eigenvalue weighted by Crippen LogP contribution is -2.03. The molecular formula is C25H17F2N5. The fourth-order valence-corrected chi connectivity index (χ4v) is 3.46. The lowest BCUT2D eigenvalue weighted by molar-refractivity contribution is 0.584. The van der Waals surface area contributed by atoms with E-state index in [9.17, 15) is 8.78 Å². The molecule has 32 heavy (non-hydrogen) atoms. The number of rotatable bonds is 5. The number of halogens is 2. The van der Waals surface area contributed by atoms with Crippen LogP contribution < -0.4 is 5.32 Å². The highest BCUT2D eigenvalue weighted by Crippen LogP contribution is 2.26. The van der Waals surface area contributed by atoms with Crippen LogP contribution in [0, 0.1) is 11.8 Å². The Morgan fingerprint density at radius 3 is 2.38 bits per heavy atom. The van der Waals surface area contributed by atoms with Gasteiger partial charge in [-0.05, 0) is 47.3 Å². The second kappa shape index (κ2) is 8.47. The topological polar surface area (TPSA) is 63.6 Å². The summed E-state index contributed by atoms with van der Waals surface area (Å²) in [5.41, 5.74) is 3.71. The Balaban J connectivity index is 1.35. The quantitative estimate of drug-likeness (QED) is 0.369. The minimum Gasteiger partial charge on any atom is -0.365 e. The van der Waals surface area contributed by atoms with Crippen molar-refractivity contribution in [2.45, 2.75) is 6.54 Å². The van der Waals surface area contributed by atoms with E-state index in [-0.39, 0.29) is 5.82 Å². The van der Waals surface area contributed by atoms with E-state index in [0.717, 1.165) is 21.9 Å². The zero-order chi connectivity index (χ0) is 21.9. The number of pyridine rings is 4. The Morgan fingerprint density at radius 2 is 1.56 bits per heavy atom. The van der Waals surface area contributed by atoms with E-state index < -0.39 is 5.95 Å². The molecule has 0 aliphatic carbocycles. The van der Waals surface area contributed by atoms with Crippen molar-refractivity contribution in [1.82, 2.24) is 19.9 Å². The Kier molecular flexibility index (Phi) is 5.21. The van der Waals surface area contributed by atoms with Gasteiger partial charge < -0.3 is 5.32 Å². The van der Waals surface area contributed by atoms with E-state index in [1.807, 2.05) is 30.3 Å². The summed E-state index contributed by atoms with van der Waals surface area (Å²) in [5, 5.41) is 5.13. The molecular weight excluding hydrogens is 408 g/mol. The average molecular weight is 425 g/mol. The lowest BCUT2D eigenvalue weighted by atomic mass is 10.1. The number of aromatic nitrogens is 4. The molecule has 0 unspecified atom stereocenters. The van der Waals surface area contributed by atoms with Crippen LogP contribution in [0.1, 0.15) is 5.56 Å². The van der Waals surface area contributed by atoms with Gasteiger partial charge in [-0.3, -0.25) is 9.97 Å². The van der Waals surface area contributed by atoms with Gasteiger partial charge in [-0.1, -0.05) is 18.2 Å². The van der Waals surface area contributed by atoms with Crippen LogP contribution in [0.15, 0.2) is 85.5 Å². The third-order valence-corrected chi connectivity index (χ3v) is 5.08. The molecule has 156 valence electrons. The molecule has 0 aliphatic rings. The summed E-state index contributed by atoms with van der Waals surface area (Å²) in [6.07, 6.45) is 6.62. The number of nitrogens with one attached hydrogen (secondary N) is 1. The van der Waals surface area contributed by atoms with Crippen LogP contribution in [0.25, 0.3) is 33.3 Å². The summed E-state index contributed by atoms with van der Waals surface area (Å²) >= 11 is 0. The lowest BCUT2D eigenvalue weighted by Gasteiger charge is -2.10. The van der Waals surface area contributed by atoms with Crippen molar-refractivity contribution in [3.63, 3.8) is 0 Å². The minimum absolute atomic E-state index is 0.296. The first-order valence-corrected chi connectivity index (χ1v) is 9.97. The van der Waals surface area contributed by atoms with Crippen LogP contribution in [0.3, 0.4) is 0 Å². The highest BCUT2D eigenvalue weighted by molar-refractivity contribution is 5.93. The van der Waals surface area contributed by atoms with Gasteiger partial charge in [-0.15, -0.1) is 0 Å². The molecule has 0 saturated heterocycles. The zero-order valence-corrected chi connectivity index (χ0v) is 16.8. The van der Waals surface area contributed by atoms with E-state index in [2.05, 4.69) is 25.3 Å². The maximum absolute atomic E-state index is 13.6. The standard InChI is InChI=1S/C25H17F2N5/c26-20-3-1-2-18(10-20)23-11-17-6-9-29-25(21(17)15-31-23)32-14-16-4-5-22(30-13-16)19-7-8-28-24(27)12-19/h1-13,15H,14H2,(H,29,32). The first-order valence-electron chi connectivity index (χ1n) is 9.97. The molecule has 5 rings (SSSR count). The third-order valence-electron chi connectivity index (χ3n) is 5.08. The van der Waals surface area contributed by atoms with Gasteiger partial charge in [0.05, 0.1) is 11.4 Å². The largest absolute Gasteiger partial charge is 0.365 e. The first-order chi connectivity index (χ1) is 15.7. The Labute approximate surface area is 182 Å². The van der Waals surface area contributed by atoms with Gasteiger partial charge in [-0.2, -0.15) is 4.39 Å². The van der Waals surface area contributed by atoms with Crippen molar-refractivity contribution in [1.29, 1.82) is 0 Å². The van der Waals surface area contributed by atoms with E-state index in [4.69, 9.17) is 0 Å². The molecule has 1 N–H and O–H groups in total. The highest BCUT2D eigenvalue weighted by Gasteiger charge is 2.08. The summed E-state index contributed by atoms with van der Waals surface area (Å²) in [6.45, 7) is 0.510. The molecule has 0 amide bonds. The number of fused-ring (bicyclic) bond motifs is 1. The average Bonchev–Trinajstić information content (AvgIpc) is 2.82. The molecule has 4 heterocycles. The molecule has 0 radical (unpaired) electrons. The van der Waals surface area contributed by atoms with Crippen LogP contribution in [0.4, 0.5) is 14.6 Å². The first kappa shape index (κ1) is 19.7. The highest BCUT2D eigenvalue weighted by atomic mass is 19.1. The van der Waals surface area contributed by atoms with Crippen LogP contribution in [-0.2, 0) is 6.54 Å². The van der Waals surface area contributed by atoms with Gasteiger partial charge in [0.2, 0.25) is 5.95 Å². The minimum atomic E-state index is -0.536. The van der Waals surface area contributed by atoms with Gasteiger partial charge in [0.15, 0.2) is 0 Å². The van der Waals surface area contributed by atoms with E-state index in [1.165, 1.54) is 24.4 Å². The summed E-state index contributed by atoms with van der Waals surface area (Å²) in [7, 11) is 0. The Morgan fingerprint density at radius 1 is 0.719 bits per heavy atom. The molecule has 5 aromatic rings. The van der Waals surface area contributed by atoms with Gasteiger partial charge in [-0.25, -0.2) is 14.4 Å². The fraction of sp³-hybridized carbons (Fsp3) is 0.0400. The molecule has 7 heteroatoms. The monoisotopic (exact) mass is 425 g/mol. The summed E-state index contributed by atoms with van der Waals surface area (Å²) in [4.78, 5) is 16.9. The van der Waals surface area contributed by atoms with Crippen LogP contribution in [0.5, 0.6) is 0 Å². The number of anilines is 1. The van der Waals surface area contributed by atoms with Gasteiger partial charge in [0.1, 0.15) is 11.6 Å². The predicted octanol–water partition coefficient (Wildman–Crippen LogP) is 5.64. The zero-order valence-electron chi connectivity index (χ0n) is 16.8. The molecule has 0 fully saturated rings. The van der Waals surface area contributed by atoms with E-state index >= 15 is 0 Å². The summed E-state index contributed by atoms with van der Waals surface area (Å²) in [6, 6.07) is 17.0.